The standard InChI is InChI=1S/C10H8O6S2/c11-17(12,13)9-6-10(18(14,15)16)8-5-3-1-2-4-7(8)9/h1-6H,(H,11,12,13)(H,14,15,16). The van der Waals surface area contributed by atoms with Crippen molar-refractivity contribution in [2.75, 3.05) is 0 Å². The molecule has 6 nitrogen and oxygen atoms in total. The van der Waals surface area contributed by atoms with Gasteiger partial charge in [0.25, 0.3) is 20.2 Å². The van der Waals surface area contributed by atoms with Crippen molar-refractivity contribution in [3.63, 3.8) is 0 Å². The smallest absolute Gasteiger partial charge is 0.282 e. The molecule has 0 bridgehead atoms. The minimum Gasteiger partial charge on any atom is -0.282 e. The summed E-state index contributed by atoms with van der Waals surface area (Å²) < 4.78 is 62.8. The van der Waals surface area contributed by atoms with Crippen LogP contribution in [0.15, 0.2) is 46.2 Å². The summed E-state index contributed by atoms with van der Waals surface area (Å²) in [6, 6.07) is 7.95. The molecule has 18 heavy (non-hydrogen) atoms. The average Bonchev–Trinajstić information content (AvgIpc) is 2.42. The number of rotatable bonds is 2. The Bertz CT molecular complexity index is 712. The van der Waals surface area contributed by atoms with Crippen LogP contribution in [0.3, 0.4) is 0 Å². The van der Waals surface area contributed by atoms with Gasteiger partial charge in [-0.25, -0.2) is 0 Å². The van der Waals surface area contributed by atoms with Crippen LogP contribution in [0.25, 0.3) is 11.1 Å². The SMILES string of the molecule is O=S(=O)(O)c1cc(S(=O)(=O)O)c2cccccc1-2. The molecule has 96 valence electrons. The van der Waals surface area contributed by atoms with E-state index in [1.165, 1.54) is 24.3 Å². The van der Waals surface area contributed by atoms with Crippen LogP contribution >= 0.6 is 0 Å². The van der Waals surface area contributed by atoms with Crippen molar-refractivity contribution < 1.29 is 25.9 Å². The fraction of sp³-hybridized carbons (Fsp3) is 0. The molecule has 0 aromatic rings. The van der Waals surface area contributed by atoms with Gasteiger partial charge in [-0.15, -0.1) is 0 Å². The van der Waals surface area contributed by atoms with Gasteiger partial charge in [0.15, 0.2) is 0 Å². The molecular weight excluding hydrogens is 280 g/mol. The van der Waals surface area contributed by atoms with Gasteiger partial charge in [-0.2, -0.15) is 16.8 Å². The Balaban J connectivity index is 2.95. The maximum Gasteiger partial charge on any atom is 0.295 e. The second-order valence-electron chi connectivity index (χ2n) is 3.56. The summed E-state index contributed by atoms with van der Waals surface area (Å²) in [6.07, 6.45) is 0. The summed E-state index contributed by atoms with van der Waals surface area (Å²) in [7, 11) is -9.15. The quantitative estimate of drug-likeness (QED) is 0.806. The molecule has 8 heteroatoms. The van der Waals surface area contributed by atoms with E-state index in [4.69, 9.17) is 9.11 Å². The van der Waals surface area contributed by atoms with Crippen LogP contribution < -0.4 is 0 Å². The van der Waals surface area contributed by atoms with Gasteiger partial charge in [0.05, 0.1) is 0 Å². The lowest BCUT2D eigenvalue weighted by molar-refractivity contribution is 0.483. The molecule has 0 spiro atoms. The molecule has 2 N–H and O–H groups in total. The van der Waals surface area contributed by atoms with Crippen LogP contribution in [0.5, 0.6) is 0 Å². The fourth-order valence-electron chi connectivity index (χ4n) is 1.68. The topological polar surface area (TPSA) is 109 Å². The number of fused-ring (bicyclic) bond motifs is 1. The number of hydrogen-bond acceptors (Lipinski definition) is 4. The van der Waals surface area contributed by atoms with Gasteiger partial charge in [0.1, 0.15) is 9.79 Å². The predicted molar refractivity (Wildman–Crippen MR) is 62.7 cm³/mol. The van der Waals surface area contributed by atoms with Crippen molar-refractivity contribution in [1.82, 2.24) is 0 Å². The first kappa shape index (κ1) is 13.0. The Labute approximate surface area is 104 Å². The van der Waals surface area contributed by atoms with E-state index in [0.29, 0.717) is 0 Å². The van der Waals surface area contributed by atoms with E-state index in [9.17, 15) is 16.8 Å². The zero-order valence-electron chi connectivity index (χ0n) is 8.81. The molecule has 2 aliphatic rings. The fourth-order valence-corrected chi connectivity index (χ4v) is 3.20. The zero-order chi connectivity index (χ0) is 13.6. The van der Waals surface area contributed by atoms with Gasteiger partial charge in [-0.3, -0.25) is 9.11 Å². The highest BCUT2D eigenvalue weighted by molar-refractivity contribution is 7.87. The van der Waals surface area contributed by atoms with Crippen LogP contribution in [-0.4, -0.2) is 25.9 Å². The molecule has 0 heterocycles. The van der Waals surface area contributed by atoms with E-state index in [2.05, 4.69) is 0 Å². The molecule has 2 aliphatic carbocycles. The molecule has 0 atom stereocenters. The Kier molecular flexibility index (Phi) is 2.90. The lowest BCUT2D eigenvalue weighted by Gasteiger charge is -1.98. The molecule has 0 radical (unpaired) electrons. The first-order valence-electron chi connectivity index (χ1n) is 4.68. The summed E-state index contributed by atoms with van der Waals surface area (Å²) in [4.78, 5) is -1.11. The Hall–Kier alpha value is -1.48. The predicted octanol–water partition coefficient (Wildman–Crippen LogP) is 1.28. The van der Waals surface area contributed by atoms with Crippen LogP contribution in [0.2, 0.25) is 0 Å². The third kappa shape index (κ3) is 2.23. The molecule has 2 rings (SSSR count). The van der Waals surface area contributed by atoms with Gasteiger partial charge >= 0.3 is 0 Å². The lowest BCUT2D eigenvalue weighted by atomic mass is 10.2. The first-order chi connectivity index (χ1) is 8.21. The van der Waals surface area contributed by atoms with E-state index in [1.54, 1.807) is 6.07 Å². The van der Waals surface area contributed by atoms with Crippen molar-refractivity contribution in [1.29, 1.82) is 0 Å². The Morgan fingerprint density at radius 3 is 1.44 bits per heavy atom. The van der Waals surface area contributed by atoms with Gasteiger partial charge in [-0.1, -0.05) is 30.3 Å². The third-order valence-corrected chi connectivity index (χ3v) is 4.17. The zero-order valence-corrected chi connectivity index (χ0v) is 10.4. The van der Waals surface area contributed by atoms with Gasteiger partial charge in [-0.05, 0) is 6.07 Å². The summed E-state index contributed by atoms with van der Waals surface area (Å²) in [5.41, 5.74) is 0.0465. The average molecular weight is 288 g/mol. The van der Waals surface area contributed by atoms with Crippen LogP contribution in [0, 0.1) is 0 Å². The maximum absolute atomic E-state index is 11.2. The van der Waals surface area contributed by atoms with Gasteiger partial charge in [0, 0.05) is 11.1 Å². The molecule has 0 aromatic heterocycles. The molecule has 0 amide bonds. The van der Waals surface area contributed by atoms with Crippen molar-refractivity contribution in [3.8, 4) is 11.1 Å². The van der Waals surface area contributed by atoms with Crippen LogP contribution in [0.1, 0.15) is 0 Å². The molecule has 0 fully saturated rings. The summed E-state index contributed by atoms with van der Waals surface area (Å²) in [5, 5.41) is 0. The third-order valence-electron chi connectivity index (χ3n) is 2.39. The molecule has 0 saturated heterocycles. The normalized spacial score (nSPS) is 12.8. The highest BCUT2D eigenvalue weighted by atomic mass is 32.2. The van der Waals surface area contributed by atoms with Gasteiger partial charge in [0.2, 0.25) is 0 Å². The van der Waals surface area contributed by atoms with E-state index in [-0.39, 0.29) is 11.1 Å². The van der Waals surface area contributed by atoms with Crippen molar-refractivity contribution in [3.05, 3.63) is 36.4 Å². The highest BCUT2D eigenvalue weighted by Crippen LogP contribution is 2.36. The van der Waals surface area contributed by atoms with E-state index >= 15 is 0 Å². The molecule has 0 aliphatic heterocycles. The minimum atomic E-state index is -4.57. The highest BCUT2D eigenvalue weighted by Gasteiger charge is 2.28. The lowest BCUT2D eigenvalue weighted by Crippen LogP contribution is -1.97. The Morgan fingerprint density at radius 1 is 0.722 bits per heavy atom. The van der Waals surface area contributed by atoms with Crippen LogP contribution in [0.4, 0.5) is 0 Å². The first-order valence-corrected chi connectivity index (χ1v) is 7.56. The largest absolute Gasteiger partial charge is 0.295 e. The van der Waals surface area contributed by atoms with Crippen molar-refractivity contribution in [2.45, 2.75) is 9.79 Å². The number of hydrogen-bond donors (Lipinski definition) is 2. The summed E-state index contributed by atoms with van der Waals surface area (Å²) in [6.45, 7) is 0. The van der Waals surface area contributed by atoms with E-state index < -0.39 is 30.0 Å². The van der Waals surface area contributed by atoms with Crippen molar-refractivity contribution >= 4 is 20.2 Å². The molecule has 0 unspecified atom stereocenters. The van der Waals surface area contributed by atoms with E-state index in [0.717, 1.165) is 6.07 Å². The monoisotopic (exact) mass is 288 g/mol. The molecule has 0 saturated carbocycles. The van der Waals surface area contributed by atoms with Crippen molar-refractivity contribution in [2.24, 2.45) is 0 Å². The maximum atomic E-state index is 11.2. The van der Waals surface area contributed by atoms with E-state index in [1.807, 2.05) is 0 Å². The summed E-state index contributed by atoms with van der Waals surface area (Å²) in [5.74, 6) is 0. The second-order valence-corrected chi connectivity index (χ2v) is 6.34. The second kappa shape index (κ2) is 4.02. The summed E-state index contributed by atoms with van der Waals surface area (Å²) >= 11 is 0. The van der Waals surface area contributed by atoms with Gasteiger partial charge < -0.3 is 0 Å². The van der Waals surface area contributed by atoms with Crippen LogP contribution in [-0.2, 0) is 20.2 Å². The molecule has 0 aromatic carbocycles. The Morgan fingerprint density at radius 2 is 1.11 bits per heavy atom. The minimum absolute atomic E-state index is 0.0233. The molecular formula is C10H8O6S2.